The van der Waals surface area contributed by atoms with Crippen LogP contribution in [0.5, 0.6) is 0 Å². The molecule has 0 rings (SSSR count). The molecule has 0 heterocycles. The average molecular weight is 199 g/mol. The fourth-order valence-corrected chi connectivity index (χ4v) is 1.69. The van der Waals surface area contributed by atoms with Crippen molar-refractivity contribution in [2.24, 2.45) is 0 Å². The number of halogens is 5. The lowest BCUT2D eigenvalue weighted by atomic mass is 10.7. The molecule has 0 aromatic heterocycles. The predicted molar refractivity (Wildman–Crippen MR) is 36.1 cm³/mol. The fraction of sp³-hybridized carbons (Fsp3) is 1.00. The molecule has 0 aliphatic rings. The lowest BCUT2D eigenvalue weighted by molar-refractivity contribution is 0.244. The lowest BCUT2D eigenvalue weighted by Gasteiger charge is -2.48. The Kier molecular flexibility index (Phi) is 2.00. The molecular formula is C4H10F5NS. The highest BCUT2D eigenvalue weighted by atomic mass is 32.5. The van der Waals surface area contributed by atoms with Gasteiger partial charge in [0.05, 0.1) is 0 Å². The van der Waals surface area contributed by atoms with Gasteiger partial charge in [-0.15, -0.1) is 0 Å². The highest BCUT2D eigenvalue weighted by molar-refractivity contribution is 8.43. The molecule has 0 saturated carbocycles. The van der Waals surface area contributed by atoms with Crippen molar-refractivity contribution in [3.05, 3.63) is 0 Å². The Morgan fingerprint density at radius 1 is 0.909 bits per heavy atom. The highest BCUT2D eigenvalue weighted by Gasteiger charge is 2.67. The Hall–Kier alpha value is -0.0400. The van der Waals surface area contributed by atoms with Gasteiger partial charge in [-0.1, -0.05) is 33.3 Å². The second-order valence-corrected chi connectivity index (χ2v) is 4.42. The number of rotatable bonds is 3. The molecule has 0 unspecified atom stereocenters. The van der Waals surface area contributed by atoms with Gasteiger partial charge in [0.25, 0.3) is 0 Å². The summed E-state index contributed by atoms with van der Waals surface area (Å²) in [6.45, 7) is 0.659. The molecule has 0 N–H and O–H groups in total. The Morgan fingerprint density at radius 3 is 1.18 bits per heavy atom. The molecule has 1 nitrogen and oxygen atoms in total. The minimum atomic E-state index is -9.34. The van der Waals surface area contributed by atoms with Crippen molar-refractivity contribution >= 4 is 10.4 Å². The molecule has 7 heteroatoms. The molecule has 0 saturated heterocycles. The van der Waals surface area contributed by atoms with Crippen LogP contribution in [0.3, 0.4) is 0 Å². The third-order valence-corrected chi connectivity index (χ3v) is 2.69. The minimum absolute atomic E-state index is 0.714. The molecule has 0 aromatic carbocycles. The molecule has 0 aliphatic carbocycles. The Bertz CT molecular complexity index is 142. The maximum Gasteiger partial charge on any atom is 0.344 e. The zero-order valence-electron chi connectivity index (χ0n) is 6.16. The summed E-state index contributed by atoms with van der Waals surface area (Å²) < 4.78 is 58.3. The SMILES string of the molecule is CCN(CC)S(F)(F)(F)(F)F. The summed E-state index contributed by atoms with van der Waals surface area (Å²) in [4.78, 5) is 0. The lowest BCUT2D eigenvalue weighted by Crippen LogP contribution is -2.33. The van der Waals surface area contributed by atoms with Gasteiger partial charge in [-0.3, -0.25) is 0 Å². The standard InChI is InChI=1S/C4H10F5NS/c1-3-10(4-2)11(5,6,7,8)9/h3-4H2,1-2H3. The van der Waals surface area contributed by atoms with Crippen LogP contribution in [0.1, 0.15) is 13.8 Å². The summed E-state index contributed by atoms with van der Waals surface area (Å²) >= 11 is 0. The Labute approximate surface area is 62.0 Å². The van der Waals surface area contributed by atoms with Crippen molar-refractivity contribution in [2.45, 2.75) is 13.8 Å². The van der Waals surface area contributed by atoms with Gasteiger partial charge in [0, 0.05) is 13.1 Å². The van der Waals surface area contributed by atoms with E-state index in [0.717, 1.165) is 13.8 Å². The van der Waals surface area contributed by atoms with E-state index in [1.807, 2.05) is 0 Å². The minimum Gasteiger partial charge on any atom is -0.169 e. The molecule has 11 heavy (non-hydrogen) atoms. The van der Waals surface area contributed by atoms with Crippen LogP contribution < -0.4 is 0 Å². The van der Waals surface area contributed by atoms with Crippen molar-refractivity contribution in [2.75, 3.05) is 13.1 Å². The van der Waals surface area contributed by atoms with Gasteiger partial charge in [-0.05, 0) is 0 Å². The van der Waals surface area contributed by atoms with Crippen molar-refractivity contribution in [1.29, 1.82) is 0 Å². The summed E-state index contributed by atoms with van der Waals surface area (Å²) in [7, 11) is -9.34. The van der Waals surface area contributed by atoms with Crippen LogP contribution in [0.2, 0.25) is 0 Å². The van der Waals surface area contributed by atoms with Crippen molar-refractivity contribution in [1.82, 2.24) is 4.31 Å². The maximum atomic E-state index is 11.8. The third kappa shape index (κ3) is 3.24. The normalized spacial score (nSPS) is 19.6. The Balaban J connectivity index is 4.81. The van der Waals surface area contributed by atoms with Crippen LogP contribution in [-0.2, 0) is 0 Å². The average Bonchev–Trinajstić information content (AvgIpc) is 1.60. The fourth-order valence-electron chi connectivity index (χ4n) is 0.712. The molecule has 0 fully saturated rings. The van der Waals surface area contributed by atoms with E-state index in [1.54, 1.807) is 0 Å². The van der Waals surface area contributed by atoms with Gasteiger partial charge in [0.1, 0.15) is 0 Å². The van der Waals surface area contributed by atoms with E-state index in [0.29, 0.717) is 0 Å². The van der Waals surface area contributed by atoms with E-state index in [-0.39, 0.29) is 0 Å². The van der Waals surface area contributed by atoms with Gasteiger partial charge >= 0.3 is 10.4 Å². The second kappa shape index (κ2) is 2.01. The van der Waals surface area contributed by atoms with Gasteiger partial charge in [0.15, 0.2) is 0 Å². The molecule has 0 aromatic rings. The molecule has 0 spiro atoms. The third-order valence-electron chi connectivity index (χ3n) is 1.19. The topological polar surface area (TPSA) is 3.24 Å². The zero-order valence-corrected chi connectivity index (χ0v) is 6.98. The van der Waals surface area contributed by atoms with Gasteiger partial charge in [-0.2, -0.15) is 4.31 Å². The first-order valence-electron chi connectivity index (χ1n) is 3.00. The molecule has 72 valence electrons. The van der Waals surface area contributed by atoms with Crippen LogP contribution in [-0.4, -0.2) is 17.4 Å². The van der Waals surface area contributed by atoms with E-state index in [2.05, 4.69) is 0 Å². The van der Waals surface area contributed by atoms with Gasteiger partial charge < -0.3 is 0 Å². The summed E-state index contributed by atoms with van der Waals surface area (Å²) in [5.74, 6) is 0. The molecule has 0 radical (unpaired) electrons. The van der Waals surface area contributed by atoms with E-state index in [4.69, 9.17) is 0 Å². The highest BCUT2D eigenvalue weighted by Crippen LogP contribution is 2.99. The van der Waals surface area contributed by atoms with E-state index in [1.165, 1.54) is 0 Å². The van der Waals surface area contributed by atoms with Crippen molar-refractivity contribution < 1.29 is 19.4 Å². The Morgan fingerprint density at radius 2 is 1.18 bits per heavy atom. The molecular weight excluding hydrogens is 189 g/mol. The molecule has 0 amide bonds. The first-order chi connectivity index (χ1) is 4.51. The summed E-state index contributed by atoms with van der Waals surface area (Å²) in [5, 5.41) is 0. The quantitative estimate of drug-likeness (QED) is 0.628. The van der Waals surface area contributed by atoms with E-state index in [9.17, 15) is 19.4 Å². The van der Waals surface area contributed by atoms with Crippen molar-refractivity contribution in [3.8, 4) is 0 Å². The van der Waals surface area contributed by atoms with Crippen LogP contribution in [0.4, 0.5) is 19.4 Å². The largest absolute Gasteiger partial charge is 0.344 e. The van der Waals surface area contributed by atoms with Crippen LogP contribution in [0.25, 0.3) is 0 Å². The summed E-state index contributed by atoms with van der Waals surface area (Å²) in [6, 6.07) is 0. The molecule has 0 bridgehead atoms. The van der Waals surface area contributed by atoms with E-state index < -0.39 is 27.8 Å². The summed E-state index contributed by atoms with van der Waals surface area (Å²) in [5.41, 5.74) is 0. The van der Waals surface area contributed by atoms with Crippen LogP contribution >= 0.6 is 10.4 Å². The molecule has 0 atom stereocenters. The monoisotopic (exact) mass is 199 g/mol. The van der Waals surface area contributed by atoms with E-state index >= 15 is 0 Å². The first-order valence-corrected chi connectivity index (χ1v) is 4.91. The number of hydrogen-bond donors (Lipinski definition) is 0. The second-order valence-electron chi connectivity index (χ2n) is 2.04. The molecule has 0 aliphatic heterocycles. The van der Waals surface area contributed by atoms with Crippen LogP contribution in [0.15, 0.2) is 0 Å². The first kappa shape index (κ1) is 11.0. The number of nitrogens with zero attached hydrogens (tertiary/aromatic N) is 1. The maximum absolute atomic E-state index is 11.8. The zero-order chi connectivity index (χ0) is 9.40. The summed E-state index contributed by atoms with van der Waals surface area (Å²) in [6.07, 6.45) is 0. The number of hydrogen-bond acceptors (Lipinski definition) is 1. The van der Waals surface area contributed by atoms with Crippen LogP contribution in [0, 0.1) is 0 Å². The van der Waals surface area contributed by atoms with Gasteiger partial charge in [0.2, 0.25) is 0 Å². The predicted octanol–water partition coefficient (Wildman–Crippen LogP) is 3.54. The van der Waals surface area contributed by atoms with Crippen molar-refractivity contribution in [3.63, 3.8) is 0 Å². The van der Waals surface area contributed by atoms with Gasteiger partial charge in [-0.25, -0.2) is 0 Å². The smallest absolute Gasteiger partial charge is 0.169 e.